The summed E-state index contributed by atoms with van der Waals surface area (Å²) >= 11 is 3.51. The standard InChI is InChI=1S/C16H23BrN2O/c17-15-10-6-5-7-13(15)11-18-12-16(20)19-14-8-3-1-2-4-9-14/h5-7,10,14,18H,1-4,8-9,11-12H2,(H,19,20). The summed E-state index contributed by atoms with van der Waals surface area (Å²) in [6.45, 7) is 1.09. The number of amides is 1. The van der Waals surface area contributed by atoms with E-state index in [0.717, 1.165) is 17.3 Å². The minimum atomic E-state index is 0.115. The molecule has 1 aliphatic carbocycles. The summed E-state index contributed by atoms with van der Waals surface area (Å²) in [5.74, 6) is 0.115. The lowest BCUT2D eigenvalue weighted by molar-refractivity contribution is -0.121. The second-order valence-electron chi connectivity index (χ2n) is 5.45. The molecule has 1 aromatic rings. The Bertz CT molecular complexity index is 428. The molecule has 4 heteroatoms. The van der Waals surface area contributed by atoms with Gasteiger partial charge in [-0.05, 0) is 24.5 Å². The van der Waals surface area contributed by atoms with Crippen LogP contribution in [-0.2, 0) is 11.3 Å². The highest BCUT2D eigenvalue weighted by Crippen LogP contribution is 2.17. The first-order valence-electron chi connectivity index (χ1n) is 7.49. The van der Waals surface area contributed by atoms with Crippen LogP contribution in [0.15, 0.2) is 28.7 Å². The number of hydrogen-bond donors (Lipinski definition) is 2. The number of carbonyl (C=O) groups is 1. The van der Waals surface area contributed by atoms with E-state index in [4.69, 9.17) is 0 Å². The van der Waals surface area contributed by atoms with Gasteiger partial charge in [0, 0.05) is 17.1 Å². The first-order valence-corrected chi connectivity index (χ1v) is 8.28. The number of benzene rings is 1. The van der Waals surface area contributed by atoms with Gasteiger partial charge in [-0.25, -0.2) is 0 Å². The van der Waals surface area contributed by atoms with Crippen LogP contribution in [0.1, 0.15) is 44.1 Å². The molecule has 1 aliphatic rings. The smallest absolute Gasteiger partial charge is 0.234 e. The van der Waals surface area contributed by atoms with Gasteiger partial charge in [0.15, 0.2) is 0 Å². The van der Waals surface area contributed by atoms with Gasteiger partial charge in [-0.1, -0.05) is 59.8 Å². The SMILES string of the molecule is O=C(CNCc1ccccc1Br)NC1CCCCCC1. The second kappa shape index (κ2) is 8.42. The van der Waals surface area contributed by atoms with Gasteiger partial charge in [-0.15, -0.1) is 0 Å². The Hall–Kier alpha value is -0.870. The topological polar surface area (TPSA) is 41.1 Å². The van der Waals surface area contributed by atoms with E-state index in [1.165, 1.54) is 31.2 Å². The van der Waals surface area contributed by atoms with Gasteiger partial charge in [0.2, 0.25) is 5.91 Å². The molecule has 0 atom stereocenters. The first-order chi connectivity index (χ1) is 9.75. The molecule has 0 saturated heterocycles. The van der Waals surface area contributed by atoms with Crippen LogP contribution in [0.2, 0.25) is 0 Å². The van der Waals surface area contributed by atoms with Crippen LogP contribution in [0, 0.1) is 0 Å². The molecule has 1 fully saturated rings. The predicted octanol–water partition coefficient (Wildman–Crippen LogP) is 3.38. The Morgan fingerprint density at radius 1 is 1.15 bits per heavy atom. The van der Waals surface area contributed by atoms with Crippen molar-refractivity contribution in [3.8, 4) is 0 Å². The molecule has 2 N–H and O–H groups in total. The molecule has 110 valence electrons. The highest BCUT2D eigenvalue weighted by Gasteiger charge is 2.14. The van der Waals surface area contributed by atoms with Gasteiger partial charge >= 0.3 is 0 Å². The van der Waals surface area contributed by atoms with Crippen LogP contribution >= 0.6 is 15.9 Å². The van der Waals surface area contributed by atoms with E-state index in [9.17, 15) is 4.79 Å². The zero-order valence-electron chi connectivity index (χ0n) is 11.8. The summed E-state index contributed by atoms with van der Waals surface area (Å²) in [5, 5.41) is 6.35. The highest BCUT2D eigenvalue weighted by molar-refractivity contribution is 9.10. The molecule has 0 heterocycles. The molecule has 0 aromatic heterocycles. The third-order valence-corrected chi connectivity index (χ3v) is 4.55. The minimum absolute atomic E-state index is 0.115. The Balaban J connectivity index is 1.68. The maximum atomic E-state index is 11.9. The average molecular weight is 339 g/mol. The van der Waals surface area contributed by atoms with E-state index in [1.54, 1.807) is 0 Å². The maximum absolute atomic E-state index is 11.9. The van der Waals surface area contributed by atoms with Gasteiger partial charge < -0.3 is 10.6 Å². The van der Waals surface area contributed by atoms with Crippen molar-refractivity contribution in [2.24, 2.45) is 0 Å². The zero-order valence-corrected chi connectivity index (χ0v) is 13.4. The molecule has 3 nitrogen and oxygen atoms in total. The number of rotatable bonds is 5. The highest BCUT2D eigenvalue weighted by atomic mass is 79.9. The van der Waals surface area contributed by atoms with E-state index in [0.29, 0.717) is 19.1 Å². The molecule has 0 unspecified atom stereocenters. The predicted molar refractivity (Wildman–Crippen MR) is 85.5 cm³/mol. The normalized spacial score (nSPS) is 16.6. The fourth-order valence-electron chi connectivity index (χ4n) is 2.65. The van der Waals surface area contributed by atoms with Crippen molar-refractivity contribution < 1.29 is 4.79 Å². The van der Waals surface area contributed by atoms with Gasteiger partial charge in [0.1, 0.15) is 0 Å². The van der Waals surface area contributed by atoms with Crippen LogP contribution in [0.4, 0.5) is 0 Å². The second-order valence-corrected chi connectivity index (χ2v) is 6.31. The summed E-state index contributed by atoms with van der Waals surface area (Å²) in [4.78, 5) is 11.9. The maximum Gasteiger partial charge on any atom is 0.234 e. The summed E-state index contributed by atoms with van der Waals surface area (Å²) in [6, 6.07) is 8.46. The van der Waals surface area contributed by atoms with E-state index in [2.05, 4.69) is 32.6 Å². The van der Waals surface area contributed by atoms with Crippen LogP contribution < -0.4 is 10.6 Å². The van der Waals surface area contributed by atoms with Gasteiger partial charge in [0.05, 0.1) is 6.54 Å². The van der Waals surface area contributed by atoms with Gasteiger partial charge in [-0.3, -0.25) is 4.79 Å². The Morgan fingerprint density at radius 2 is 1.85 bits per heavy atom. The van der Waals surface area contributed by atoms with Gasteiger partial charge in [0.25, 0.3) is 0 Å². The van der Waals surface area contributed by atoms with E-state index in [1.807, 2.05) is 18.2 Å². The van der Waals surface area contributed by atoms with E-state index >= 15 is 0 Å². The van der Waals surface area contributed by atoms with Crippen molar-refractivity contribution in [3.05, 3.63) is 34.3 Å². The number of carbonyl (C=O) groups excluding carboxylic acids is 1. The molecule has 0 radical (unpaired) electrons. The molecule has 1 amide bonds. The molecule has 1 saturated carbocycles. The van der Waals surface area contributed by atoms with E-state index < -0.39 is 0 Å². The molecule has 0 aliphatic heterocycles. The average Bonchev–Trinajstić information content (AvgIpc) is 2.69. The fraction of sp³-hybridized carbons (Fsp3) is 0.562. The molecule has 20 heavy (non-hydrogen) atoms. The summed E-state index contributed by atoms with van der Waals surface area (Å²) in [5.41, 5.74) is 1.18. The lowest BCUT2D eigenvalue weighted by Gasteiger charge is -2.16. The third kappa shape index (κ3) is 5.25. The largest absolute Gasteiger partial charge is 0.352 e. The molecule has 2 rings (SSSR count). The zero-order chi connectivity index (χ0) is 14.2. The van der Waals surface area contributed by atoms with Crippen LogP contribution in [0.5, 0.6) is 0 Å². The van der Waals surface area contributed by atoms with Crippen molar-refractivity contribution in [3.63, 3.8) is 0 Å². The van der Waals surface area contributed by atoms with Crippen LogP contribution in [0.3, 0.4) is 0 Å². The Morgan fingerprint density at radius 3 is 2.55 bits per heavy atom. The molecular formula is C16H23BrN2O. The number of halogens is 1. The summed E-state index contributed by atoms with van der Waals surface area (Å²) in [6.07, 6.45) is 7.38. The van der Waals surface area contributed by atoms with Crippen molar-refractivity contribution in [2.45, 2.75) is 51.1 Å². The first kappa shape index (κ1) is 15.5. The third-order valence-electron chi connectivity index (χ3n) is 3.78. The van der Waals surface area contributed by atoms with Crippen LogP contribution in [0.25, 0.3) is 0 Å². The lowest BCUT2D eigenvalue weighted by Crippen LogP contribution is -2.40. The summed E-state index contributed by atoms with van der Waals surface area (Å²) < 4.78 is 1.08. The molecular weight excluding hydrogens is 316 g/mol. The van der Waals surface area contributed by atoms with Crippen molar-refractivity contribution in [1.29, 1.82) is 0 Å². The minimum Gasteiger partial charge on any atom is -0.352 e. The quantitative estimate of drug-likeness (QED) is 0.808. The van der Waals surface area contributed by atoms with Crippen molar-refractivity contribution in [2.75, 3.05) is 6.54 Å². The molecule has 0 spiro atoms. The van der Waals surface area contributed by atoms with Crippen molar-refractivity contribution >= 4 is 21.8 Å². The lowest BCUT2D eigenvalue weighted by atomic mass is 10.1. The van der Waals surface area contributed by atoms with Gasteiger partial charge in [-0.2, -0.15) is 0 Å². The Labute approximate surface area is 129 Å². The number of nitrogens with one attached hydrogen (secondary N) is 2. The monoisotopic (exact) mass is 338 g/mol. The van der Waals surface area contributed by atoms with Crippen molar-refractivity contribution in [1.82, 2.24) is 10.6 Å². The van der Waals surface area contributed by atoms with E-state index in [-0.39, 0.29) is 5.91 Å². The molecule has 1 aromatic carbocycles. The summed E-state index contributed by atoms with van der Waals surface area (Å²) in [7, 11) is 0. The fourth-order valence-corrected chi connectivity index (χ4v) is 3.08. The molecule has 0 bridgehead atoms. The van der Waals surface area contributed by atoms with Crippen LogP contribution in [-0.4, -0.2) is 18.5 Å². The number of hydrogen-bond acceptors (Lipinski definition) is 2. The Kier molecular flexibility index (Phi) is 6.54.